The van der Waals surface area contributed by atoms with Gasteiger partial charge in [-0.2, -0.15) is 0 Å². The number of aromatic nitrogens is 2. The third-order valence-electron chi connectivity index (χ3n) is 3.32. The van der Waals surface area contributed by atoms with Crippen LogP contribution in [0, 0.1) is 0 Å². The number of benzene rings is 1. The lowest BCUT2D eigenvalue weighted by atomic mass is 10.1. The van der Waals surface area contributed by atoms with Gasteiger partial charge in [0.2, 0.25) is 0 Å². The van der Waals surface area contributed by atoms with Gasteiger partial charge in [0.05, 0.1) is 5.69 Å². The van der Waals surface area contributed by atoms with E-state index in [0.29, 0.717) is 11.3 Å². The summed E-state index contributed by atoms with van der Waals surface area (Å²) in [5.41, 5.74) is 3.27. The first-order valence-corrected chi connectivity index (χ1v) is 7.09. The molecule has 23 heavy (non-hydrogen) atoms. The third-order valence-corrected chi connectivity index (χ3v) is 3.32. The second-order valence-corrected chi connectivity index (χ2v) is 5.02. The molecule has 116 valence electrons. The average molecular weight is 309 g/mol. The summed E-state index contributed by atoms with van der Waals surface area (Å²) < 4.78 is 4.68. The number of amides is 1. The van der Waals surface area contributed by atoms with Crippen LogP contribution >= 0.6 is 0 Å². The van der Waals surface area contributed by atoms with E-state index in [1.54, 1.807) is 12.4 Å². The maximum Gasteiger partial charge on any atom is 0.303 e. The number of anilines is 1. The maximum absolute atomic E-state index is 11.8. The molecule has 0 saturated heterocycles. The number of hydrogen-bond acceptors (Lipinski definition) is 4. The average Bonchev–Trinajstić information content (AvgIpc) is 2.96. The van der Waals surface area contributed by atoms with Crippen LogP contribution < -0.4 is 5.32 Å². The highest BCUT2D eigenvalue weighted by atomic mass is 16.5. The summed E-state index contributed by atoms with van der Waals surface area (Å²) in [6, 6.07) is 11.8. The Bertz CT molecular complexity index is 856. The molecule has 6 nitrogen and oxygen atoms in total. The Labute approximate surface area is 132 Å². The van der Waals surface area contributed by atoms with Crippen LogP contribution in [0.2, 0.25) is 0 Å². The van der Waals surface area contributed by atoms with E-state index in [2.05, 4.69) is 20.0 Å². The Kier molecular flexibility index (Phi) is 4.05. The number of H-pyrrole nitrogens is 1. The van der Waals surface area contributed by atoms with Crippen molar-refractivity contribution in [2.45, 2.75) is 6.92 Å². The summed E-state index contributed by atoms with van der Waals surface area (Å²) in [4.78, 5) is 29.9. The second-order valence-electron chi connectivity index (χ2n) is 5.02. The minimum Gasteiger partial charge on any atom is -0.456 e. The predicted octanol–water partition coefficient (Wildman–Crippen LogP) is 2.73. The lowest BCUT2D eigenvalue weighted by molar-refractivity contribution is -0.144. The number of aromatic amines is 1. The van der Waals surface area contributed by atoms with Crippen molar-refractivity contribution in [2.75, 3.05) is 11.9 Å². The number of fused-ring (bicyclic) bond motifs is 1. The number of hydrogen-bond donors (Lipinski definition) is 2. The van der Waals surface area contributed by atoms with Gasteiger partial charge in [-0.05, 0) is 11.6 Å². The molecule has 0 spiro atoms. The van der Waals surface area contributed by atoms with E-state index in [4.69, 9.17) is 0 Å². The normalized spacial score (nSPS) is 10.5. The van der Waals surface area contributed by atoms with Crippen molar-refractivity contribution in [1.82, 2.24) is 9.97 Å². The molecule has 2 aromatic heterocycles. The molecule has 3 aromatic rings. The molecule has 0 saturated carbocycles. The first-order chi connectivity index (χ1) is 11.1. The highest BCUT2D eigenvalue weighted by molar-refractivity contribution is 6.02. The molecule has 1 aromatic carbocycles. The van der Waals surface area contributed by atoms with Gasteiger partial charge < -0.3 is 15.0 Å². The van der Waals surface area contributed by atoms with Gasteiger partial charge in [0.25, 0.3) is 5.91 Å². The highest BCUT2D eigenvalue weighted by Crippen LogP contribution is 2.27. The number of nitrogens with zero attached hydrogens (tertiary/aromatic N) is 1. The smallest absolute Gasteiger partial charge is 0.303 e. The van der Waals surface area contributed by atoms with Gasteiger partial charge in [0.1, 0.15) is 5.65 Å². The molecule has 1 amide bonds. The number of esters is 1. The topological polar surface area (TPSA) is 84.1 Å². The van der Waals surface area contributed by atoms with Crippen LogP contribution in [0.4, 0.5) is 5.69 Å². The fourth-order valence-electron chi connectivity index (χ4n) is 2.25. The van der Waals surface area contributed by atoms with Gasteiger partial charge in [-0.1, -0.05) is 30.3 Å². The molecule has 2 heterocycles. The molecule has 0 fully saturated rings. The summed E-state index contributed by atoms with van der Waals surface area (Å²) in [6.07, 6.45) is 3.44. The van der Waals surface area contributed by atoms with Crippen LogP contribution in [0.15, 0.2) is 48.8 Å². The molecule has 0 aliphatic rings. The number of carbonyl (C=O) groups excluding carboxylic acids is 2. The molecule has 0 aliphatic carbocycles. The van der Waals surface area contributed by atoms with Crippen LogP contribution in [-0.2, 0) is 14.3 Å². The van der Waals surface area contributed by atoms with Gasteiger partial charge in [-0.15, -0.1) is 0 Å². The first-order valence-electron chi connectivity index (χ1n) is 7.09. The summed E-state index contributed by atoms with van der Waals surface area (Å²) >= 11 is 0. The zero-order valence-electron chi connectivity index (χ0n) is 12.5. The quantitative estimate of drug-likeness (QED) is 0.726. The van der Waals surface area contributed by atoms with E-state index < -0.39 is 11.9 Å². The van der Waals surface area contributed by atoms with Gasteiger partial charge in [-0.25, -0.2) is 4.98 Å². The van der Waals surface area contributed by atoms with Crippen molar-refractivity contribution >= 4 is 28.6 Å². The number of rotatable bonds is 4. The third kappa shape index (κ3) is 3.37. The Morgan fingerprint density at radius 1 is 1.22 bits per heavy atom. The maximum atomic E-state index is 11.8. The van der Waals surface area contributed by atoms with Crippen LogP contribution in [0.3, 0.4) is 0 Å². The van der Waals surface area contributed by atoms with E-state index in [9.17, 15) is 9.59 Å². The molecule has 0 radical (unpaired) electrons. The predicted molar refractivity (Wildman–Crippen MR) is 86.8 cm³/mol. The lowest BCUT2D eigenvalue weighted by Crippen LogP contribution is -2.19. The summed E-state index contributed by atoms with van der Waals surface area (Å²) in [5, 5.41) is 3.51. The molecule has 0 atom stereocenters. The van der Waals surface area contributed by atoms with Crippen molar-refractivity contribution < 1.29 is 14.3 Å². The molecule has 0 aliphatic heterocycles. The van der Waals surface area contributed by atoms with Crippen molar-refractivity contribution in [3.8, 4) is 11.1 Å². The van der Waals surface area contributed by atoms with Gasteiger partial charge in [-0.3, -0.25) is 9.59 Å². The molecule has 3 rings (SSSR count). The highest BCUT2D eigenvalue weighted by Gasteiger charge is 2.11. The molecule has 6 heteroatoms. The zero-order valence-corrected chi connectivity index (χ0v) is 12.5. The Morgan fingerprint density at radius 3 is 2.74 bits per heavy atom. The zero-order chi connectivity index (χ0) is 16.2. The van der Waals surface area contributed by atoms with Crippen molar-refractivity contribution in [3.05, 3.63) is 48.8 Å². The summed E-state index contributed by atoms with van der Waals surface area (Å²) in [7, 11) is 0. The SMILES string of the molecule is CC(=O)OCC(=O)Nc1c[nH]c2ncc(-c3ccccc3)cc12. The van der Waals surface area contributed by atoms with Crippen molar-refractivity contribution in [2.24, 2.45) is 0 Å². The van der Waals surface area contributed by atoms with Crippen LogP contribution in [-0.4, -0.2) is 28.5 Å². The largest absolute Gasteiger partial charge is 0.456 e. The number of pyridine rings is 1. The molecule has 0 unspecified atom stereocenters. The van der Waals surface area contributed by atoms with E-state index in [-0.39, 0.29) is 6.61 Å². The number of nitrogens with one attached hydrogen (secondary N) is 2. The minimum atomic E-state index is -0.493. The molecular weight excluding hydrogens is 294 g/mol. The van der Waals surface area contributed by atoms with Gasteiger partial charge >= 0.3 is 5.97 Å². The van der Waals surface area contributed by atoms with Crippen LogP contribution in [0.1, 0.15) is 6.92 Å². The standard InChI is InChI=1S/C17H15N3O3/c1-11(21)23-10-16(22)20-15-9-19-17-14(15)7-13(8-18-17)12-5-3-2-4-6-12/h2-9H,10H2,1H3,(H,18,19)(H,20,22). The lowest BCUT2D eigenvalue weighted by Gasteiger charge is -2.05. The first kappa shape index (κ1) is 14.8. The van der Waals surface area contributed by atoms with E-state index >= 15 is 0 Å². The molecule has 2 N–H and O–H groups in total. The second kappa shape index (κ2) is 6.31. The molecular formula is C17H15N3O3. The number of ether oxygens (including phenoxy) is 1. The van der Waals surface area contributed by atoms with Crippen LogP contribution in [0.25, 0.3) is 22.2 Å². The fourth-order valence-corrected chi connectivity index (χ4v) is 2.25. The fraction of sp³-hybridized carbons (Fsp3) is 0.118. The Hall–Kier alpha value is -3.15. The van der Waals surface area contributed by atoms with Crippen molar-refractivity contribution in [3.63, 3.8) is 0 Å². The van der Waals surface area contributed by atoms with E-state index in [0.717, 1.165) is 16.5 Å². The monoisotopic (exact) mass is 309 g/mol. The Balaban J connectivity index is 1.87. The van der Waals surface area contributed by atoms with Crippen LogP contribution in [0.5, 0.6) is 0 Å². The van der Waals surface area contributed by atoms with E-state index in [1.165, 1.54) is 6.92 Å². The summed E-state index contributed by atoms with van der Waals surface area (Å²) in [5.74, 6) is -0.890. The summed E-state index contributed by atoms with van der Waals surface area (Å²) in [6.45, 7) is 0.947. The molecule has 0 bridgehead atoms. The van der Waals surface area contributed by atoms with Gasteiger partial charge in [0.15, 0.2) is 6.61 Å². The van der Waals surface area contributed by atoms with Crippen molar-refractivity contribution in [1.29, 1.82) is 0 Å². The van der Waals surface area contributed by atoms with Gasteiger partial charge in [0, 0.05) is 30.3 Å². The minimum absolute atomic E-state index is 0.312. The Morgan fingerprint density at radius 2 is 2.00 bits per heavy atom. The number of carbonyl (C=O) groups is 2. The van der Waals surface area contributed by atoms with E-state index in [1.807, 2.05) is 36.4 Å².